The average molecular weight is 753 g/mol. The number of thiol groups is 1. The van der Waals surface area contributed by atoms with Crippen LogP contribution in [0.2, 0.25) is 0 Å². The lowest BCUT2D eigenvalue weighted by atomic mass is 9.96. The van der Waals surface area contributed by atoms with Crippen LogP contribution in [0.1, 0.15) is 16.7 Å². The van der Waals surface area contributed by atoms with E-state index in [1.807, 2.05) is 91.0 Å². The number of hydrogen-bond acceptors (Lipinski definition) is 4. The number of amidine groups is 2. The predicted molar refractivity (Wildman–Crippen MR) is 241 cm³/mol. The molecule has 0 aliphatic heterocycles. The first-order chi connectivity index (χ1) is 28.1. The van der Waals surface area contributed by atoms with Crippen LogP contribution in [-0.2, 0) is 0 Å². The molecule has 0 atom stereocenters. The number of nitrogens with one attached hydrogen (secondary N) is 2. The first kappa shape index (κ1) is 35.4. The van der Waals surface area contributed by atoms with Crippen molar-refractivity contribution >= 4 is 63.8 Å². The lowest BCUT2D eigenvalue weighted by Crippen LogP contribution is -2.05. The molecule has 0 aliphatic carbocycles. The molecule has 0 fully saturated rings. The first-order valence-corrected chi connectivity index (χ1v) is 19.2. The van der Waals surface area contributed by atoms with Gasteiger partial charge in [-0.25, -0.2) is 9.98 Å². The summed E-state index contributed by atoms with van der Waals surface area (Å²) in [5, 5.41) is 14.4. The Morgan fingerprint density at radius 2 is 1.25 bits per heavy atom. The molecule has 6 heteroatoms. The zero-order valence-electron chi connectivity index (χ0n) is 30.8. The zero-order valence-corrected chi connectivity index (χ0v) is 31.7. The van der Waals surface area contributed by atoms with Gasteiger partial charge in [-0.15, -0.1) is 12.6 Å². The molecule has 9 aromatic rings. The van der Waals surface area contributed by atoms with E-state index < -0.39 is 0 Å². The van der Waals surface area contributed by atoms with Crippen LogP contribution in [0.3, 0.4) is 0 Å². The van der Waals surface area contributed by atoms with E-state index in [-0.39, 0.29) is 5.84 Å². The van der Waals surface area contributed by atoms with Gasteiger partial charge in [0.1, 0.15) is 11.2 Å². The number of aliphatic imine (C=N–C) groups is 2. The molecular formula is C51H36N4OS. The van der Waals surface area contributed by atoms with Crippen molar-refractivity contribution < 1.29 is 4.42 Å². The molecule has 272 valence electrons. The van der Waals surface area contributed by atoms with E-state index in [4.69, 9.17) is 32.4 Å². The fourth-order valence-corrected chi connectivity index (χ4v) is 7.53. The topological polar surface area (TPSA) is 73.7 Å². The third-order valence-electron chi connectivity index (χ3n) is 9.94. The standard InChI is InChI=1S/C51H36N4OS/c52-50(36-19-8-3-9-20-36)55-51(53-33-34-15-4-1-5-16-34)44-26-13-25-43-48-42(24-14-28-46(48)56-49(43)44)38-29-30-41(47(57)32-38)37-21-12-22-39(31-37)54-45-27-11-10-23-40(45)35-17-6-2-7-18-35/h1-33,52,54,57H. The monoisotopic (exact) mass is 752 g/mol. The van der Waals surface area contributed by atoms with Gasteiger partial charge < -0.3 is 9.73 Å². The van der Waals surface area contributed by atoms with E-state index in [0.29, 0.717) is 22.5 Å². The Morgan fingerprint density at radius 3 is 2.05 bits per heavy atom. The highest BCUT2D eigenvalue weighted by Gasteiger charge is 2.19. The molecule has 0 saturated carbocycles. The minimum absolute atomic E-state index is 0.115. The Morgan fingerprint density at radius 1 is 0.579 bits per heavy atom. The van der Waals surface area contributed by atoms with Gasteiger partial charge in [-0.2, -0.15) is 0 Å². The Hall–Kier alpha value is -7.28. The van der Waals surface area contributed by atoms with Crippen molar-refractivity contribution in [2.24, 2.45) is 9.98 Å². The number of furan rings is 1. The van der Waals surface area contributed by atoms with Crippen molar-refractivity contribution in [3.8, 4) is 33.4 Å². The summed E-state index contributed by atoms with van der Waals surface area (Å²) in [5.41, 5.74) is 12.2. The summed E-state index contributed by atoms with van der Waals surface area (Å²) in [6.45, 7) is 0. The second-order valence-electron chi connectivity index (χ2n) is 13.6. The molecule has 5 nitrogen and oxygen atoms in total. The molecular weight excluding hydrogens is 717 g/mol. The zero-order chi connectivity index (χ0) is 38.6. The lowest BCUT2D eigenvalue weighted by Gasteiger charge is -2.14. The summed E-state index contributed by atoms with van der Waals surface area (Å²) < 4.78 is 6.64. The summed E-state index contributed by atoms with van der Waals surface area (Å²) in [6, 6.07) is 65.1. The number of rotatable bonds is 8. The maximum absolute atomic E-state index is 8.85. The Balaban J connectivity index is 1.08. The van der Waals surface area contributed by atoms with Gasteiger partial charge in [-0.1, -0.05) is 158 Å². The van der Waals surface area contributed by atoms with Gasteiger partial charge in [0.05, 0.1) is 5.56 Å². The molecule has 0 bridgehead atoms. The fourth-order valence-electron chi connectivity index (χ4n) is 7.19. The Bertz CT molecular complexity index is 2950. The molecule has 57 heavy (non-hydrogen) atoms. The first-order valence-electron chi connectivity index (χ1n) is 18.7. The second-order valence-corrected chi connectivity index (χ2v) is 14.1. The number of fused-ring (bicyclic) bond motifs is 3. The van der Waals surface area contributed by atoms with Crippen LogP contribution in [0.25, 0.3) is 55.3 Å². The van der Waals surface area contributed by atoms with Gasteiger partial charge in [-0.05, 0) is 69.8 Å². The number of para-hydroxylation sites is 2. The van der Waals surface area contributed by atoms with Gasteiger partial charge >= 0.3 is 0 Å². The van der Waals surface area contributed by atoms with E-state index >= 15 is 0 Å². The van der Waals surface area contributed by atoms with Crippen LogP contribution in [0.4, 0.5) is 11.4 Å². The molecule has 1 aromatic heterocycles. The fraction of sp³-hybridized carbons (Fsp3) is 0. The summed E-state index contributed by atoms with van der Waals surface area (Å²) >= 11 is 5.04. The molecule has 8 aromatic carbocycles. The van der Waals surface area contributed by atoms with Crippen molar-refractivity contribution in [3.63, 3.8) is 0 Å². The molecule has 0 spiro atoms. The molecule has 0 aliphatic rings. The van der Waals surface area contributed by atoms with Crippen LogP contribution in [0, 0.1) is 5.41 Å². The van der Waals surface area contributed by atoms with Crippen molar-refractivity contribution in [1.82, 2.24) is 0 Å². The van der Waals surface area contributed by atoms with Gasteiger partial charge in [0.15, 0.2) is 11.7 Å². The normalized spacial score (nSPS) is 11.7. The minimum atomic E-state index is 0.115. The highest BCUT2D eigenvalue weighted by Crippen LogP contribution is 2.40. The van der Waals surface area contributed by atoms with Gasteiger partial charge in [0.25, 0.3) is 0 Å². The van der Waals surface area contributed by atoms with Crippen LogP contribution in [0.15, 0.2) is 213 Å². The highest BCUT2D eigenvalue weighted by molar-refractivity contribution is 7.80. The largest absolute Gasteiger partial charge is 0.455 e. The SMILES string of the molecule is N=C(N=C(N=Cc1ccccc1)c1cccc2c1oc1cccc(-c3ccc(-c4cccc(Nc5ccccc5-c5ccccc5)c4)c(S)c3)c12)c1ccccc1. The van der Waals surface area contributed by atoms with Crippen LogP contribution < -0.4 is 5.32 Å². The molecule has 0 unspecified atom stereocenters. The van der Waals surface area contributed by atoms with Crippen molar-refractivity contribution in [1.29, 1.82) is 5.41 Å². The van der Waals surface area contributed by atoms with Gasteiger partial charge in [0, 0.05) is 44.4 Å². The minimum Gasteiger partial charge on any atom is -0.455 e. The maximum atomic E-state index is 8.85. The molecule has 0 saturated heterocycles. The molecule has 2 N–H and O–H groups in total. The van der Waals surface area contributed by atoms with Gasteiger partial charge in [-0.3, -0.25) is 5.41 Å². The molecule has 0 radical (unpaired) electrons. The van der Waals surface area contributed by atoms with Crippen molar-refractivity contribution in [3.05, 3.63) is 211 Å². The van der Waals surface area contributed by atoms with Crippen molar-refractivity contribution in [2.75, 3.05) is 5.32 Å². The quantitative estimate of drug-likeness (QED) is 0.0821. The van der Waals surface area contributed by atoms with Crippen LogP contribution in [0.5, 0.6) is 0 Å². The lowest BCUT2D eigenvalue weighted by molar-refractivity contribution is 0.668. The van der Waals surface area contributed by atoms with E-state index in [1.165, 1.54) is 0 Å². The van der Waals surface area contributed by atoms with E-state index in [0.717, 1.165) is 71.6 Å². The third-order valence-corrected chi connectivity index (χ3v) is 10.3. The van der Waals surface area contributed by atoms with Crippen LogP contribution >= 0.6 is 12.6 Å². The molecule has 9 rings (SSSR count). The van der Waals surface area contributed by atoms with E-state index in [9.17, 15) is 0 Å². The average Bonchev–Trinajstić information content (AvgIpc) is 3.66. The number of hydrogen-bond donors (Lipinski definition) is 3. The van der Waals surface area contributed by atoms with Crippen LogP contribution in [-0.4, -0.2) is 17.9 Å². The summed E-state index contributed by atoms with van der Waals surface area (Å²) in [5.74, 6) is 0.505. The number of benzene rings is 8. The third kappa shape index (κ3) is 7.42. The van der Waals surface area contributed by atoms with E-state index in [2.05, 4.69) is 108 Å². The summed E-state index contributed by atoms with van der Waals surface area (Å²) in [7, 11) is 0. The number of anilines is 2. The predicted octanol–water partition coefficient (Wildman–Crippen LogP) is 13.5. The second kappa shape index (κ2) is 15.8. The molecule has 1 heterocycles. The summed E-state index contributed by atoms with van der Waals surface area (Å²) in [6.07, 6.45) is 1.77. The Kier molecular flexibility index (Phi) is 9.84. The van der Waals surface area contributed by atoms with E-state index in [1.54, 1.807) is 6.21 Å². The Labute approximate surface area is 336 Å². The van der Waals surface area contributed by atoms with Crippen molar-refractivity contribution in [2.45, 2.75) is 4.90 Å². The number of nitrogens with zero attached hydrogens (tertiary/aromatic N) is 2. The highest BCUT2D eigenvalue weighted by atomic mass is 32.1. The maximum Gasteiger partial charge on any atom is 0.165 e. The summed E-state index contributed by atoms with van der Waals surface area (Å²) in [4.78, 5) is 10.5. The van der Waals surface area contributed by atoms with Gasteiger partial charge in [0.2, 0.25) is 0 Å². The smallest absolute Gasteiger partial charge is 0.165 e. The molecule has 0 amide bonds.